The molecular weight excluding hydrogens is 753 g/mol. The summed E-state index contributed by atoms with van der Waals surface area (Å²) in [7, 11) is 6.92. The van der Waals surface area contributed by atoms with Crippen LogP contribution in [0, 0.1) is 23.7 Å². The highest BCUT2D eigenvalue weighted by Crippen LogP contribution is 2.53. The fourth-order valence-electron chi connectivity index (χ4n) is 10.0. The van der Waals surface area contributed by atoms with Gasteiger partial charge < -0.3 is 35.1 Å². The van der Waals surface area contributed by atoms with Crippen LogP contribution in [0.2, 0.25) is 0 Å². The van der Waals surface area contributed by atoms with E-state index in [1.165, 1.54) is 0 Å². The first-order chi connectivity index (χ1) is 27.9. The minimum absolute atomic E-state index is 0.00979. The van der Waals surface area contributed by atoms with Crippen LogP contribution in [0.15, 0.2) is 30.5 Å². The molecule has 330 valence electrons. The molecule has 14 nitrogen and oxygen atoms in total. The topological polar surface area (TPSA) is 170 Å². The number of aromatic nitrogens is 1. The van der Waals surface area contributed by atoms with Crippen molar-refractivity contribution in [3.05, 3.63) is 36.0 Å². The minimum Gasteiger partial charge on any atom is -0.481 e. The second-order valence-electron chi connectivity index (χ2n) is 18.0. The molecule has 9 atom stereocenters. The number of nitrogens with one attached hydrogen (secondary N) is 3. The summed E-state index contributed by atoms with van der Waals surface area (Å²) in [6.45, 7) is 15.7. The maximum Gasteiger partial charge on any atom is 0.337 e. The number of nitrogens with zero attached hydrogens (tertiary/aromatic N) is 3. The summed E-state index contributed by atoms with van der Waals surface area (Å²) < 4.78 is 12.2. The molecule has 14 heteroatoms. The van der Waals surface area contributed by atoms with Gasteiger partial charge >= 0.3 is 11.9 Å². The van der Waals surface area contributed by atoms with Gasteiger partial charge in [0, 0.05) is 56.7 Å². The SMILES string of the molecule is CC[C@H](C)[C@@]1([C@@H](CC(=O)N2CCC[C@H]2[C@H](OC)[C@@H](C)C(=O)NCCc2c[nH]c3ccccc23)OC)C[N+]1(C)C(=O)[C@@H](NC(=O)[C@H](C(C)C)N(C)CCCC(=O)O)C(C)C. The van der Waals surface area contributed by atoms with Gasteiger partial charge in [-0.25, -0.2) is 9.28 Å². The number of para-hydroxylation sites is 1. The van der Waals surface area contributed by atoms with Crippen molar-refractivity contribution in [3.63, 3.8) is 0 Å². The molecule has 2 fully saturated rings. The van der Waals surface area contributed by atoms with Crippen LogP contribution < -0.4 is 10.6 Å². The lowest BCUT2D eigenvalue weighted by molar-refractivity contribution is -0.738. The first-order valence-electron chi connectivity index (χ1n) is 21.7. The van der Waals surface area contributed by atoms with E-state index in [9.17, 15) is 24.0 Å². The lowest BCUT2D eigenvalue weighted by Gasteiger charge is -2.37. The Hall–Kier alpha value is -3.85. The number of H-pyrrole nitrogens is 1. The van der Waals surface area contributed by atoms with Crippen LogP contribution in [-0.4, -0.2) is 144 Å². The van der Waals surface area contributed by atoms with Crippen molar-refractivity contribution >= 4 is 40.5 Å². The molecule has 2 saturated heterocycles. The number of fused-ring (bicyclic) bond motifs is 1. The van der Waals surface area contributed by atoms with E-state index in [-0.39, 0.29) is 64.7 Å². The summed E-state index contributed by atoms with van der Waals surface area (Å²) in [6, 6.07) is 6.46. The highest BCUT2D eigenvalue weighted by molar-refractivity contribution is 5.88. The van der Waals surface area contributed by atoms with Gasteiger partial charge in [0.05, 0.1) is 37.6 Å². The Balaban J connectivity index is 1.46. The van der Waals surface area contributed by atoms with E-state index in [4.69, 9.17) is 14.6 Å². The molecule has 1 aromatic heterocycles. The van der Waals surface area contributed by atoms with Gasteiger partial charge in [0.1, 0.15) is 18.7 Å². The largest absolute Gasteiger partial charge is 0.481 e. The predicted octanol–water partition coefficient (Wildman–Crippen LogP) is 4.61. The van der Waals surface area contributed by atoms with Crippen molar-refractivity contribution < 1.29 is 43.0 Å². The van der Waals surface area contributed by atoms with Crippen LogP contribution in [-0.2, 0) is 39.9 Å². The molecule has 0 aliphatic carbocycles. The van der Waals surface area contributed by atoms with Crippen molar-refractivity contribution in [3.8, 4) is 0 Å². The molecule has 0 bridgehead atoms. The van der Waals surface area contributed by atoms with E-state index in [1.54, 1.807) is 14.2 Å². The lowest BCUT2D eigenvalue weighted by Crippen LogP contribution is -2.60. The molecule has 2 aliphatic rings. The average Bonchev–Trinajstić information content (AvgIpc) is 3.45. The van der Waals surface area contributed by atoms with Gasteiger partial charge in [0.15, 0.2) is 5.54 Å². The summed E-state index contributed by atoms with van der Waals surface area (Å²) in [5.74, 6) is -2.28. The number of aromatic amines is 1. The maximum atomic E-state index is 14.8. The third-order valence-corrected chi connectivity index (χ3v) is 13.6. The van der Waals surface area contributed by atoms with Crippen molar-refractivity contribution in [2.45, 2.75) is 129 Å². The predicted molar refractivity (Wildman–Crippen MR) is 228 cm³/mol. The third-order valence-electron chi connectivity index (χ3n) is 13.6. The molecule has 1 aromatic carbocycles. The Morgan fingerprint density at radius 1 is 1.03 bits per heavy atom. The summed E-state index contributed by atoms with van der Waals surface area (Å²) in [5.41, 5.74) is 1.50. The number of ether oxygens (including phenoxy) is 2. The number of carbonyl (C=O) groups is 5. The number of hydrogen-bond donors (Lipinski definition) is 4. The molecule has 3 heterocycles. The summed E-state index contributed by atoms with van der Waals surface area (Å²) >= 11 is 0. The average molecular weight is 826 g/mol. The van der Waals surface area contributed by atoms with E-state index < -0.39 is 41.7 Å². The van der Waals surface area contributed by atoms with Gasteiger partial charge in [-0.1, -0.05) is 66.7 Å². The summed E-state index contributed by atoms with van der Waals surface area (Å²) in [4.78, 5) is 74.8. The summed E-state index contributed by atoms with van der Waals surface area (Å²) in [5, 5.41) is 16.5. The van der Waals surface area contributed by atoms with Crippen molar-refractivity contribution in [1.29, 1.82) is 0 Å². The van der Waals surface area contributed by atoms with Crippen molar-refractivity contribution in [2.75, 3.05) is 54.5 Å². The molecule has 4 N–H and O–H groups in total. The molecule has 2 aliphatic heterocycles. The number of rotatable bonds is 23. The van der Waals surface area contributed by atoms with Gasteiger partial charge in [0.25, 0.3) is 0 Å². The molecular formula is C45H73N6O8+. The van der Waals surface area contributed by atoms with Gasteiger partial charge in [-0.05, 0) is 69.2 Å². The first-order valence-corrected chi connectivity index (χ1v) is 21.7. The zero-order valence-electron chi connectivity index (χ0n) is 37.5. The van der Waals surface area contributed by atoms with E-state index in [0.717, 1.165) is 29.3 Å². The number of benzene rings is 1. The third kappa shape index (κ3) is 10.4. The van der Waals surface area contributed by atoms with Crippen molar-refractivity contribution in [1.82, 2.24) is 25.4 Å². The molecule has 4 amide bonds. The number of quaternary nitrogens is 1. The number of carboxylic acid groups (broad SMARTS) is 1. The Morgan fingerprint density at radius 3 is 2.34 bits per heavy atom. The smallest absolute Gasteiger partial charge is 0.337 e. The van der Waals surface area contributed by atoms with E-state index in [1.807, 2.05) is 82.9 Å². The van der Waals surface area contributed by atoms with Crippen LogP contribution in [0.5, 0.6) is 0 Å². The van der Waals surface area contributed by atoms with Gasteiger partial charge in [0.2, 0.25) is 17.7 Å². The lowest BCUT2D eigenvalue weighted by atomic mass is 9.83. The highest BCUT2D eigenvalue weighted by Gasteiger charge is 2.78. The minimum atomic E-state index is -0.881. The first kappa shape index (κ1) is 47.8. The molecule has 2 aromatic rings. The molecule has 1 unspecified atom stereocenters. The van der Waals surface area contributed by atoms with Gasteiger partial charge in [-0.3, -0.25) is 24.1 Å². The second-order valence-corrected chi connectivity index (χ2v) is 18.0. The number of methoxy groups -OCH3 is 2. The molecule has 59 heavy (non-hydrogen) atoms. The van der Waals surface area contributed by atoms with Crippen LogP contribution in [0.4, 0.5) is 0 Å². The fourth-order valence-corrected chi connectivity index (χ4v) is 10.0. The quantitative estimate of drug-likeness (QED) is 0.0924. The number of aliphatic carboxylic acids is 1. The monoisotopic (exact) mass is 826 g/mol. The van der Waals surface area contributed by atoms with Gasteiger partial charge in [-0.15, -0.1) is 0 Å². The van der Waals surface area contributed by atoms with Crippen LogP contribution >= 0.6 is 0 Å². The number of carbonyl (C=O) groups excluding carboxylic acids is 4. The number of hydrogen-bond acceptors (Lipinski definition) is 8. The van der Waals surface area contributed by atoms with E-state index >= 15 is 0 Å². The second kappa shape index (κ2) is 20.6. The Labute approximate surface area is 351 Å². The number of likely N-dealkylation sites (tertiary alicyclic amines) is 1. The molecule has 0 radical (unpaired) electrons. The number of carboxylic acids is 1. The Morgan fingerprint density at radius 2 is 1.73 bits per heavy atom. The van der Waals surface area contributed by atoms with E-state index in [0.29, 0.717) is 45.4 Å². The molecule has 4 rings (SSSR count). The zero-order valence-corrected chi connectivity index (χ0v) is 37.5. The normalized spacial score (nSPS) is 23.6. The van der Waals surface area contributed by atoms with Crippen molar-refractivity contribution in [2.24, 2.45) is 23.7 Å². The number of likely N-dealkylation sites (N-methyl/N-ethyl adjacent to an activating group) is 2. The molecule has 0 saturated carbocycles. The van der Waals surface area contributed by atoms with Gasteiger partial charge in [-0.2, -0.15) is 0 Å². The standard InChI is InChI=1S/C45H72N6O8/c1-12-30(6)45(27-51(45,9)44(57)39(28(2)3)48-43(56)40(29(4)5)49(8)23-16-20-38(53)54)36(58-10)25-37(52)50-24-15-19-35(50)41(59-11)31(7)42(55)46-22-21-32-26-47-34-18-14-13-17-33(32)34/h13-14,17-18,26,28-31,35-36,39-41,47H,12,15-16,19-25,27H2,1-11H3,(H2-,46,48,53,54,55,56)/p+1/t30-,31+,35-,36+,39-,40-,41+,45+,51?/m0/s1. The Bertz CT molecular complexity index is 1760. The molecule has 0 spiro atoms. The van der Waals surface area contributed by atoms with E-state index in [2.05, 4.69) is 35.5 Å². The van der Waals surface area contributed by atoms with Crippen LogP contribution in [0.1, 0.15) is 92.6 Å². The highest BCUT2D eigenvalue weighted by atomic mass is 16.5. The number of amides is 4. The summed E-state index contributed by atoms with van der Waals surface area (Å²) in [6.07, 6.45) is 4.30. The Kier molecular flexibility index (Phi) is 16.7. The maximum absolute atomic E-state index is 14.8. The van der Waals surface area contributed by atoms with Crippen LogP contribution in [0.3, 0.4) is 0 Å². The zero-order chi connectivity index (χ0) is 43.8. The van der Waals surface area contributed by atoms with Crippen LogP contribution in [0.25, 0.3) is 10.9 Å². The fraction of sp³-hybridized carbons (Fsp3) is 0.711.